The van der Waals surface area contributed by atoms with Crippen molar-refractivity contribution in [3.05, 3.63) is 46.6 Å². The van der Waals surface area contributed by atoms with E-state index in [1.165, 1.54) is 0 Å². The molecular weight excluding hydrogens is 466 g/mol. The maximum atomic E-state index is 12.7. The maximum Gasteiger partial charge on any atom is 0.272 e. The number of benzene rings is 1. The van der Waals surface area contributed by atoms with Crippen LogP contribution in [0.1, 0.15) is 54.6 Å². The molecule has 1 aromatic heterocycles. The number of carbonyl (C=O) groups excluding carboxylic acids is 1. The number of aromatic nitrogens is 2. The van der Waals surface area contributed by atoms with Crippen molar-refractivity contribution in [2.24, 2.45) is 5.92 Å². The summed E-state index contributed by atoms with van der Waals surface area (Å²) in [6, 6.07) is 10.4. The summed E-state index contributed by atoms with van der Waals surface area (Å²) in [5, 5.41) is 30.1. The van der Waals surface area contributed by atoms with Gasteiger partial charge in [0.15, 0.2) is 17.1 Å². The molecule has 0 bridgehead atoms. The second-order valence-electron chi connectivity index (χ2n) is 9.13. The molecule has 2 aromatic rings. The van der Waals surface area contributed by atoms with E-state index in [1.54, 1.807) is 24.3 Å². The number of nitriles is 1. The van der Waals surface area contributed by atoms with Crippen molar-refractivity contribution >= 4 is 23.3 Å². The topological polar surface area (TPSA) is 111 Å². The first kappa shape index (κ1) is 24.8. The van der Waals surface area contributed by atoms with Crippen molar-refractivity contribution in [2.45, 2.75) is 50.2 Å². The Morgan fingerprint density at radius 2 is 1.97 bits per heavy atom. The average molecular weight is 494 g/mol. The summed E-state index contributed by atoms with van der Waals surface area (Å²) >= 11 is 6.12. The van der Waals surface area contributed by atoms with Gasteiger partial charge in [0, 0.05) is 44.6 Å². The van der Waals surface area contributed by atoms with E-state index in [0.29, 0.717) is 47.9 Å². The van der Waals surface area contributed by atoms with Crippen LogP contribution in [0.25, 0.3) is 0 Å². The van der Waals surface area contributed by atoms with Crippen molar-refractivity contribution in [3.8, 4) is 24.2 Å². The predicted octanol–water partition coefficient (Wildman–Crippen LogP) is 3.33. The summed E-state index contributed by atoms with van der Waals surface area (Å²) in [7, 11) is 0. The number of hydrogen-bond donors (Lipinski definition) is 2. The first-order valence-electron chi connectivity index (χ1n) is 11.8. The lowest BCUT2D eigenvalue weighted by Gasteiger charge is -2.36. The molecular formula is C26H28ClN5O3. The van der Waals surface area contributed by atoms with E-state index < -0.39 is 5.60 Å². The first-order valence-corrected chi connectivity index (χ1v) is 12.2. The third-order valence-electron chi connectivity index (χ3n) is 6.85. The lowest BCUT2D eigenvalue weighted by molar-refractivity contribution is 0.0696. The van der Waals surface area contributed by atoms with Gasteiger partial charge in [-0.15, -0.1) is 16.6 Å². The summed E-state index contributed by atoms with van der Waals surface area (Å²) in [5.41, 5.74) is -0.136. The Morgan fingerprint density at radius 3 is 2.54 bits per heavy atom. The van der Waals surface area contributed by atoms with E-state index in [0.717, 1.165) is 31.7 Å². The van der Waals surface area contributed by atoms with Crippen LogP contribution in [-0.2, 0) is 0 Å². The normalized spacial score (nSPS) is 22.6. The zero-order chi connectivity index (χ0) is 24.8. The molecule has 2 fully saturated rings. The minimum Gasteiger partial charge on any atom is -0.475 e. The number of aliphatic hydroxyl groups is 1. The fourth-order valence-corrected chi connectivity index (χ4v) is 4.81. The number of terminal acetylenes is 1. The molecule has 1 aliphatic heterocycles. The van der Waals surface area contributed by atoms with E-state index in [-0.39, 0.29) is 24.2 Å². The van der Waals surface area contributed by atoms with Gasteiger partial charge >= 0.3 is 0 Å². The lowest BCUT2D eigenvalue weighted by Crippen LogP contribution is -2.45. The molecule has 1 saturated carbocycles. The van der Waals surface area contributed by atoms with Crippen LogP contribution in [0.15, 0.2) is 30.3 Å². The first-order chi connectivity index (χ1) is 16.9. The van der Waals surface area contributed by atoms with Crippen LogP contribution in [0.2, 0.25) is 5.02 Å². The lowest BCUT2D eigenvalue weighted by atomic mass is 9.82. The standard InChI is InChI=1S/C26H28ClN5O3/c1-2-26(35-21-4-3-19(16-28)22(27)15-21)11-7-20(8-12-26)29-25(34)23-5-6-24(31-30-23)32-13-9-18(17-33)10-14-32/h1,3-6,15,18,20,33H,7-14,17H2,(H,29,34)/t20-,26+. The fourth-order valence-electron chi connectivity index (χ4n) is 4.60. The number of ether oxygens (including phenoxy) is 1. The highest BCUT2D eigenvalue weighted by atomic mass is 35.5. The number of halogens is 1. The van der Waals surface area contributed by atoms with Crippen molar-refractivity contribution < 1.29 is 14.6 Å². The Balaban J connectivity index is 1.30. The van der Waals surface area contributed by atoms with Crippen LogP contribution in [0.3, 0.4) is 0 Å². The summed E-state index contributed by atoms with van der Waals surface area (Å²) < 4.78 is 6.11. The number of aliphatic hydroxyl groups excluding tert-OH is 1. The number of hydrogen-bond acceptors (Lipinski definition) is 7. The van der Waals surface area contributed by atoms with Gasteiger partial charge in [-0.05, 0) is 55.9 Å². The Hall–Kier alpha value is -3.33. The zero-order valence-electron chi connectivity index (χ0n) is 19.4. The highest BCUT2D eigenvalue weighted by molar-refractivity contribution is 6.31. The molecule has 182 valence electrons. The Morgan fingerprint density at radius 1 is 1.23 bits per heavy atom. The van der Waals surface area contributed by atoms with Gasteiger partial charge in [-0.3, -0.25) is 4.79 Å². The van der Waals surface area contributed by atoms with Crippen LogP contribution >= 0.6 is 11.6 Å². The molecule has 2 N–H and O–H groups in total. The highest BCUT2D eigenvalue weighted by Crippen LogP contribution is 2.34. The summed E-state index contributed by atoms with van der Waals surface area (Å²) in [6.45, 7) is 1.86. The van der Waals surface area contributed by atoms with Crippen molar-refractivity contribution in [3.63, 3.8) is 0 Å². The Kier molecular flexibility index (Phi) is 7.75. The van der Waals surface area contributed by atoms with E-state index >= 15 is 0 Å². The molecule has 0 radical (unpaired) electrons. The monoisotopic (exact) mass is 493 g/mol. The quantitative estimate of drug-likeness (QED) is 0.593. The molecule has 1 saturated heterocycles. The molecule has 8 nitrogen and oxygen atoms in total. The zero-order valence-corrected chi connectivity index (χ0v) is 20.2. The molecule has 0 unspecified atom stereocenters. The molecule has 35 heavy (non-hydrogen) atoms. The van der Waals surface area contributed by atoms with Gasteiger partial charge in [-0.1, -0.05) is 17.5 Å². The Labute approximate surface area is 210 Å². The maximum absolute atomic E-state index is 12.7. The van der Waals surface area contributed by atoms with E-state index in [4.69, 9.17) is 28.0 Å². The molecule has 1 amide bonds. The van der Waals surface area contributed by atoms with Crippen LogP contribution in [0, 0.1) is 29.6 Å². The van der Waals surface area contributed by atoms with Gasteiger partial charge in [0.25, 0.3) is 5.91 Å². The van der Waals surface area contributed by atoms with Gasteiger partial charge in [0.2, 0.25) is 0 Å². The third kappa shape index (κ3) is 5.85. The van der Waals surface area contributed by atoms with Crippen LogP contribution in [0.4, 0.5) is 5.82 Å². The number of carbonyl (C=O) groups is 1. The molecule has 9 heteroatoms. The number of amides is 1. The van der Waals surface area contributed by atoms with Gasteiger partial charge < -0.3 is 20.1 Å². The van der Waals surface area contributed by atoms with Crippen molar-refractivity contribution in [2.75, 3.05) is 24.6 Å². The van der Waals surface area contributed by atoms with E-state index in [1.807, 2.05) is 12.1 Å². The van der Waals surface area contributed by atoms with Crippen LogP contribution in [-0.4, -0.2) is 52.6 Å². The molecule has 2 aliphatic rings. The van der Waals surface area contributed by atoms with Gasteiger partial charge in [0.05, 0.1) is 10.6 Å². The molecule has 1 aromatic carbocycles. The third-order valence-corrected chi connectivity index (χ3v) is 7.16. The average Bonchev–Trinajstić information content (AvgIpc) is 2.90. The molecule has 4 rings (SSSR count). The highest BCUT2D eigenvalue weighted by Gasteiger charge is 2.36. The smallest absolute Gasteiger partial charge is 0.272 e. The molecule has 1 aliphatic carbocycles. The molecule has 2 heterocycles. The summed E-state index contributed by atoms with van der Waals surface area (Å²) in [5.74, 6) is 4.13. The summed E-state index contributed by atoms with van der Waals surface area (Å²) in [6.07, 6.45) is 10.1. The van der Waals surface area contributed by atoms with E-state index in [2.05, 4.69) is 26.3 Å². The molecule has 0 spiro atoms. The van der Waals surface area contributed by atoms with E-state index in [9.17, 15) is 9.90 Å². The number of rotatable bonds is 6. The molecule has 0 atom stereocenters. The minimum atomic E-state index is -0.788. The van der Waals surface area contributed by atoms with Crippen LogP contribution in [0.5, 0.6) is 5.75 Å². The second-order valence-corrected chi connectivity index (χ2v) is 9.54. The van der Waals surface area contributed by atoms with Gasteiger partial charge in [0.1, 0.15) is 11.8 Å². The van der Waals surface area contributed by atoms with Gasteiger partial charge in [-0.2, -0.15) is 5.26 Å². The van der Waals surface area contributed by atoms with Gasteiger partial charge in [-0.25, -0.2) is 0 Å². The number of anilines is 1. The largest absolute Gasteiger partial charge is 0.475 e. The number of nitrogens with zero attached hydrogens (tertiary/aromatic N) is 4. The fraction of sp³-hybridized carbons (Fsp3) is 0.462. The van der Waals surface area contributed by atoms with Crippen molar-refractivity contribution in [1.82, 2.24) is 15.5 Å². The van der Waals surface area contributed by atoms with Crippen molar-refractivity contribution in [1.29, 1.82) is 5.26 Å². The Bertz CT molecular complexity index is 1130. The minimum absolute atomic E-state index is 0.0453. The number of nitrogens with one attached hydrogen (secondary N) is 1. The summed E-state index contributed by atoms with van der Waals surface area (Å²) in [4.78, 5) is 14.9. The SMILES string of the molecule is C#C[C@]1(Oc2ccc(C#N)c(Cl)c2)CC[C@@H](NC(=O)c2ccc(N3CCC(CO)CC3)nn2)CC1. The second kappa shape index (κ2) is 10.9. The predicted molar refractivity (Wildman–Crippen MR) is 132 cm³/mol. The number of piperidine rings is 1. The van der Waals surface area contributed by atoms with Crippen LogP contribution < -0.4 is 15.0 Å².